The van der Waals surface area contributed by atoms with Gasteiger partial charge in [-0.1, -0.05) is 6.08 Å². The van der Waals surface area contributed by atoms with Crippen LogP contribution in [-0.2, 0) is 0 Å². The van der Waals surface area contributed by atoms with E-state index in [4.69, 9.17) is 0 Å². The van der Waals surface area contributed by atoms with Crippen LogP contribution in [0.2, 0.25) is 0 Å². The fourth-order valence-corrected chi connectivity index (χ4v) is 1.35. The molecule has 0 fully saturated rings. The molecule has 68 valence electrons. The number of rotatable bonds is 2. The Morgan fingerprint density at radius 2 is 2.00 bits per heavy atom. The van der Waals surface area contributed by atoms with Crippen molar-refractivity contribution in [1.29, 1.82) is 0 Å². The normalized spacial score (nSPS) is 20.5. The van der Waals surface area contributed by atoms with Crippen molar-refractivity contribution in [2.24, 2.45) is 4.99 Å². The van der Waals surface area contributed by atoms with Crippen molar-refractivity contribution in [2.45, 2.75) is 46.2 Å². The van der Waals surface area contributed by atoms with Gasteiger partial charge in [0.15, 0.2) is 0 Å². The molecule has 0 atom stereocenters. The first-order chi connectivity index (χ1) is 5.61. The van der Waals surface area contributed by atoms with Crippen molar-refractivity contribution >= 4 is 5.84 Å². The minimum atomic E-state index is 0.404. The number of nitrogens with zero attached hydrogens (tertiary/aromatic N) is 2. The zero-order valence-corrected chi connectivity index (χ0v) is 8.41. The van der Waals surface area contributed by atoms with Crippen molar-refractivity contribution in [3.05, 3.63) is 12.3 Å². The first-order valence-corrected chi connectivity index (χ1v) is 4.63. The van der Waals surface area contributed by atoms with E-state index in [1.54, 1.807) is 0 Å². The molecule has 0 bridgehead atoms. The van der Waals surface area contributed by atoms with Crippen molar-refractivity contribution in [2.75, 3.05) is 0 Å². The van der Waals surface area contributed by atoms with Crippen LogP contribution in [0.4, 0.5) is 0 Å². The molecule has 0 N–H and O–H groups in total. The summed E-state index contributed by atoms with van der Waals surface area (Å²) >= 11 is 0. The highest BCUT2D eigenvalue weighted by molar-refractivity contribution is 5.87. The molecule has 0 aromatic heterocycles. The molecule has 1 aliphatic rings. The van der Waals surface area contributed by atoms with Crippen LogP contribution in [0.1, 0.15) is 34.1 Å². The molecule has 0 spiro atoms. The van der Waals surface area contributed by atoms with E-state index in [0.29, 0.717) is 12.1 Å². The first-order valence-electron chi connectivity index (χ1n) is 4.63. The monoisotopic (exact) mass is 166 g/mol. The fourth-order valence-electron chi connectivity index (χ4n) is 1.35. The van der Waals surface area contributed by atoms with E-state index in [-0.39, 0.29) is 0 Å². The Kier molecular flexibility index (Phi) is 2.90. The van der Waals surface area contributed by atoms with Crippen molar-refractivity contribution in [3.63, 3.8) is 0 Å². The SMILES string of the molecule is CC(C)/N=C1\CC=CN1C(C)C. The van der Waals surface area contributed by atoms with Gasteiger partial charge in [-0.15, -0.1) is 0 Å². The highest BCUT2D eigenvalue weighted by Crippen LogP contribution is 2.13. The van der Waals surface area contributed by atoms with E-state index in [1.807, 2.05) is 0 Å². The maximum atomic E-state index is 4.56. The summed E-state index contributed by atoms with van der Waals surface area (Å²) in [5.74, 6) is 1.21. The Bertz CT molecular complexity index is 202. The summed E-state index contributed by atoms with van der Waals surface area (Å²) in [6, 6.07) is 0.933. The number of amidine groups is 1. The summed E-state index contributed by atoms with van der Waals surface area (Å²) in [5, 5.41) is 0. The van der Waals surface area contributed by atoms with E-state index in [9.17, 15) is 0 Å². The molecular weight excluding hydrogens is 148 g/mol. The maximum Gasteiger partial charge on any atom is 0.107 e. The Labute approximate surface area is 75.0 Å². The van der Waals surface area contributed by atoms with Crippen LogP contribution in [0.15, 0.2) is 17.3 Å². The lowest BCUT2D eigenvalue weighted by atomic mass is 10.3. The topological polar surface area (TPSA) is 15.6 Å². The van der Waals surface area contributed by atoms with Gasteiger partial charge in [-0.2, -0.15) is 0 Å². The second-order valence-corrected chi connectivity index (χ2v) is 3.73. The summed E-state index contributed by atoms with van der Waals surface area (Å²) in [6.07, 6.45) is 5.30. The molecule has 2 heteroatoms. The van der Waals surface area contributed by atoms with E-state index in [1.165, 1.54) is 5.84 Å². The van der Waals surface area contributed by atoms with Gasteiger partial charge in [-0.25, -0.2) is 0 Å². The van der Waals surface area contributed by atoms with Crippen LogP contribution in [0.5, 0.6) is 0 Å². The summed E-state index contributed by atoms with van der Waals surface area (Å²) in [6.45, 7) is 8.60. The van der Waals surface area contributed by atoms with Gasteiger partial charge >= 0.3 is 0 Å². The van der Waals surface area contributed by atoms with Crippen LogP contribution in [0, 0.1) is 0 Å². The van der Waals surface area contributed by atoms with Gasteiger partial charge in [0.1, 0.15) is 5.84 Å². The van der Waals surface area contributed by atoms with Crippen molar-refractivity contribution < 1.29 is 0 Å². The zero-order valence-electron chi connectivity index (χ0n) is 8.41. The Morgan fingerprint density at radius 3 is 2.50 bits per heavy atom. The predicted molar refractivity (Wildman–Crippen MR) is 53.3 cm³/mol. The third-order valence-corrected chi connectivity index (χ3v) is 1.83. The molecule has 0 aromatic carbocycles. The average molecular weight is 166 g/mol. The van der Waals surface area contributed by atoms with Gasteiger partial charge in [-0.3, -0.25) is 4.99 Å². The van der Waals surface area contributed by atoms with Gasteiger partial charge in [0.25, 0.3) is 0 Å². The number of hydrogen-bond donors (Lipinski definition) is 0. The molecule has 1 heterocycles. The highest BCUT2D eigenvalue weighted by Gasteiger charge is 2.15. The minimum Gasteiger partial charge on any atom is -0.334 e. The van der Waals surface area contributed by atoms with Crippen LogP contribution >= 0.6 is 0 Å². The molecule has 0 saturated heterocycles. The Hall–Kier alpha value is -0.790. The molecule has 0 radical (unpaired) electrons. The molecule has 12 heavy (non-hydrogen) atoms. The lowest BCUT2D eigenvalue weighted by molar-refractivity contribution is 0.461. The predicted octanol–water partition coefficient (Wildman–Crippen LogP) is 2.42. The van der Waals surface area contributed by atoms with Gasteiger partial charge in [0, 0.05) is 24.7 Å². The van der Waals surface area contributed by atoms with Gasteiger partial charge in [0.05, 0.1) is 0 Å². The number of aliphatic imine (C=N–C) groups is 1. The lowest BCUT2D eigenvalue weighted by Gasteiger charge is -2.22. The summed E-state index contributed by atoms with van der Waals surface area (Å²) in [5.41, 5.74) is 0. The molecular formula is C10H18N2. The molecule has 1 rings (SSSR count). The van der Waals surface area contributed by atoms with Crippen molar-refractivity contribution in [3.8, 4) is 0 Å². The van der Waals surface area contributed by atoms with Gasteiger partial charge in [0.2, 0.25) is 0 Å². The van der Waals surface area contributed by atoms with Crippen LogP contribution in [0.3, 0.4) is 0 Å². The van der Waals surface area contributed by atoms with E-state index in [2.05, 4.69) is 49.9 Å². The zero-order chi connectivity index (χ0) is 9.14. The third-order valence-electron chi connectivity index (χ3n) is 1.83. The fraction of sp³-hybridized carbons (Fsp3) is 0.700. The van der Waals surface area contributed by atoms with Crippen LogP contribution in [-0.4, -0.2) is 22.8 Å². The Morgan fingerprint density at radius 1 is 1.33 bits per heavy atom. The second-order valence-electron chi connectivity index (χ2n) is 3.73. The van der Waals surface area contributed by atoms with E-state index in [0.717, 1.165) is 6.42 Å². The standard InChI is InChI=1S/C10H18N2/c1-8(2)11-10-6-5-7-12(10)9(3)4/h5,7-9H,6H2,1-4H3/b11-10+. The molecule has 0 unspecified atom stereocenters. The lowest BCUT2D eigenvalue weighted by Crippen LogP contribution is -2.29. The van der Waals surface area contributed by atoms with Gasteiger partial charge < -0.3 is 4.90 Å². The first kappa shape index (κ1) is 9.30. The molecule has 0 aliphatic carbocycles. The largest absolute Gasteiger partial charge is 0.334 e. The molecule has 0 amide bonds. The van der Waals surface area contributed by atoms with Crippen LogP contribution in [0.25, 0.3) is 0 Å². The number of hydrogen-bond acceptors (Lipinski definition) is 1. The second kappa shape index (κ2) is 3.74. The van der Waals surface area contributed by atoms with Crippen LogP contribution < -0.4 is 0 Å². The maximum absolute atomic E-state index is 4.56. The summed E-state index contributed by atoms with van der Waals surface area (Å²) in [7, 11) is 0. The van der Waals surface area contributed by atoms with Gasteiger partial charge in [-0.05, 0) is 27.7 Å². The van der Waals surface area contributed by atoms with Crippen molar-refractivity contribution in [1.82, 2.24) is 4.90 Å². The Balaban J connectivity index is 2.68. The summed E-state index contributed by atoms with van der Waals surface area (Å²) < 4.78 is 0. The third kappa shape index (κ3) is 2.10. The molecule has 0 saturated carbocycles. The quantitative estimate of drug-likeness (QED) is 0.615. The summed E-state index contributed by atoms with van der Waals surface area (Å²) in [4.78, 5) is 6.80. The van der Waals surface area contributed by atoms with E-state index < -0.39 is 0 Å². The smallest absolute Gasteiger partial charge is 0.107 e. The average Bonchev–Trinajstić information content (AvgIpc) is 2.33. The highest BCUT2D eigenvalue weighted by atomic mass is 15.2. The molecule has 1 aliphatic heterocycles. The molecule has 0 aromatic rings. The molecule has 2 nitrogen and oxygen atoms in total. The minimum absolute atomic E-state index is 0.404. The van der Waals surface area contributed by atoms with E-state index >= 15 is 0 Å².